The highest BCUT2D eigenvalue weighted by Gasteiger charge is 2.06. The molecule has 2 aromatic heterocycles. The van der Waals surface area contributed by atoms with E-state index in [1.54, 1.807) is 0 Å². The van der Waals surface area contributed by atoms with Crippen molar-refractivity contribution in [1.82, 2.24) is 9.97 Å². The van der Waals surface area contributed by atoms with Gasteiger partial charge >= 0.3 is 0 Å². The molecule has 2 heterocycles. The Morgan fingerprint density at radius 2 is 2.36 bits per heavy atom. The number of nitrogens with zero attached hydrogens (tertiary/aromatic N) is 2. The molecule has 0 saturated carbocycles. The van der Waals surface area contributed by atoms with Crippen LogP contribution in [0, 0.1) is 6.92 Å². The minimum atomic E-state index is 0.0718. The molecule has 2 aromatic rings. The van der Waals surface area contributed by atoms with Gasteiger partial charge < -0.3 is 14.8 Å². The minimum Gasteiger partial charge on any atom is -0.443 e. The molecular weight excluding hydrogens is 182 g/mol. The molecule has 0 aromatic carbocycles. The molecule has 5 nitrogen and oxygen atoms in total. The van der Waals surface area contributed by atoms with Gasteiger partial charge in [0.1, 0.15) is 17.9 Å². The van der Waals surface area contributed by atoms with Crippen LogP contribution >= 0.6 is 0 Å². The Hall–Kier alpha value is -1.62. The van der Waals surface area contributed by atoms with Crippen molar-refractivity contribution in [3.8, 4) is 0 Å². The van der Waals surface area contributed by atoms with Crippen LogP contribution in [0.3, 0.4) is 0 Å². The van der Waals surface area contributed by atoms with E-state index in [2.05, 4.69) is 15.3 Å². The summed E-state index contributed by atoms with van der Waals surface area (Å²) in [6, 6.07) is 1.87. The molecule has 0 bridgehead atoms. The monoisotopic (exact) mass is 193 g/mol. The average molecular weight is 193 g/mol. The number of furan rings is 1. The van der Waals surface area contributed by atoms with Crippen LogP contribution in [0.5, 0.6) is 0 Å². The molecule has 74 valence electrons. The van der Waals surface area contributed by atoms with Gasteiger partial charge in [0.2, 0.25) is 5.71 Å². The molecule has 0 saturated heterocycles. The molecule has 0 atom stereocenters. The number of rotatable bonds is 3. The average Bonchev–Trinajstić information content (AvgIpc) is 2.55. The highest BCUT2D eigenvalue weighted by Crippen LogP contribution is 2.22. The number of anilines is 1. The van der Waals surface area contributed by atoms with Crippen molar-refractivity contribution in [3.05, 3.63) is 18.2 Å². The number of aromatic nitrogens is 2. The summed E-state index contributed by atoms with van der Waals surface area (Å²) in [6.45, 7) is 2.40. The van der Waals surface area contributed by atoms with E-state index in [1.165, 1.54) is 6.33 Å². The van der Waals surface area contributed by atoms with E-state index in [4.69, 9.17) is 9.52 Å². The van der Waals surface area contributed by atoms with E-state index in [1.807, 2.05) is 13.0 Å². The van der Waals surface area contributed by atoms with Gasteiger partial charge in [-0.1, -0.05) is 0 Å². The summed E-state index contributed by atoms with van der Waals surface area (Å²) in [4.78, 5) is 8.05. The Morgan fingerprint density at radius 1 is 1.50 bits per heavy atom. The van der Waals surface area contributed by atoms with Crippen LogP contribution in [0.2, 0.25) is 0 Å². The zero-order valence-corrected chi connectivity index (χ0v) is 7.82. The molecule has 0 amide bonds. The Labute approximate surface area is 80.8 Å². The Balaban J connectivity index is 2.42. The Morgan fingerprint density at radius 3 is 3.14 bits per heavy atom. The van der Waals surface area contributed by atoms with Gasteiger partial charge in [0.15, 0.2) is 0 Å². The predicted molar refractivity (Wildman–Crippen MR) is 52.1 cm³/mol. The van der Waals surface area contributed by atoms with Crippen molar-refractivity contribution in [2.45, 2.75) is 6.92 Å². The zero-order chi connectivity index (χ0) is 9.97. The molecular formula is C9H11N3O2. The molecule has 5 heteroatoms. The Kier molecular flexibility index (Phi) is 2.32. The molecule has 0 aliphatic heterocycles. The first kappa shape index (κ1) is 8.96. The fraction of sp³-hybridized carbons (Fsp3) is 0.333. The number of hydrogen-bond donors (Lipinski definition) is 2. The molecule has 0 radical (unpaired) electrons. The number of aryl methyl sites for hydroxylation is 1. The second-order valence-corrected chi connectivity index (χ2v) is 2.95. The molecule has 0 fully saturated rings. The van der Waals surface area contributed by atoms with Gasteiger partial charge in [0.25, 0.3) is 0 Å². The topological polar surface area (TPSA) is 71.2 Å². The van der Waals surface area contributed by atoms with Crippen LogP contribution in [0.4, 0.5) is 5.82 Å². The maximum atomic E-state index is 8.68. The summed E-state index contributed by atoms with van der Waals surface area (Å²) in [5.74, 6) is 1.49. The van der Waals surface area contributed by atoms with Gasteiger partial charge in [-0.05, 0) is 13.0 Å². The standard InChI is InChI=1S/C9H11N3O2/c1-6-4-7-8(10-2-3-13)11-5-12-9(7)14-6/h4-5,13H,2-3H2,1H3,(H,10,11,12). The van der Waals surface area contributed by atoms with Gasteiger partial charge in [0, 0.05) is 6.54 Å². The van der Waals surface area contributed by atoms with Gasteiger partial charge in [-0.15, -0.1) is 0 Å². The molecule has 2 N–H and O–H groups in total. The van der Waals surface area contributed by atoms with Crippen LogP contribution in [0.25, 0.3) is 11.1 Å². The van der Waals surface area contributed by atoms with Crippen molar-refractivity contribution >= 4 is 16.9 Å². The van der Waals surface area contributed by atoms with Crippen LogP contribution < -0.4 is 5.32 Å². The summed E-state index contributed by atoms with van der Waals surface area (Å²) in [5, 5.41) is 12.5. The summed E-state index contributed by atoms with van der Waals surface area (Å²) < 4.78 is 5.33. The fourth-order valence-corrected chi connectivity index (χ4v) is 1.29. The van der Waals surface area contributed by atoms with Gasteiger partial charge in [-0.25, -0.2) is 9.97 Å². The number of hydrogen-bond acceptors (Lipinski definition) is 5. The smallest absolute Gasteiger partial charge is 0.231 e. The van der Waals surface area contributed by atoms with Crippen molar-refractivity contribution < 1.29 is 9.52 Å². The molecule has 14 heavy (non-hydrogen) atoms. The molecule has 2 rings (SSSR count). The van der Waals surface area contributed by atoms with Crippen LogP contribution in [0.15, 0.2) is 16.8 Å². The summed E-state index contributed by atoms with van der Waals surface area (Å²) in [6.07, 6.45) is 1.44. The van der Waals surface area contributed by atoms with E-state index in [0.717, 1.165) is 11.1 Å². The first-order valence-corrected chi connectivity index (χ1v) is 4.37. The Bertz CT molecular complexity index is 439. The van der Waals surface area contributed by atoms with Crippen molar-refractivity contribution in [1.29, 1.82) is 0 Å². The predicted octanol–water partition coefficient (Wildman–Crippen LogP) is 0.935. The van der Waals surface area contributed by atoms with Crippen LogP contribution in [-0.4, -0.2) is 28.2 Å². The third kappa shape index (κ3) is 1.54. The summed E-state index contributed by atoms with van der Waals surface area (Å²) >= 11 is 0. The fourth-order valence-electron chi connectivity index (χ4n) is 1.29. The van der Waals surface area contributed by atoms with Gasteiger partial charge in [0.05, 0.1) is 12.0 Å². The first-order chi connectivity index (χ1) is 6.81. The summed E-state index contributed by atoms with van der Waals surface area (Å²) in [5.41, 5.74) is 0.568. The lowest BCUT2D eigenvalue weighted by Crippen LogP contribution is -2.07. The van der Waals surface area contributed by atoms with Crippen molar-refractivity contribution in [2.75, 3.05) is 18.5 Å². The number of nitrogens with one attached hydrogen (secondary N) is 1. The molecule has 0 spiro atoms. The normalized spacial score (nSPS) is 10.7. The van der Waals surface area contributed by atoms with Crippen molar-refractivity contribution in [2.24, 2.45) is 0 Å². The van der Waals surface area contributed by atoms with Crippen LogP contribution in [-0.2, 0) is 0 Å². The third-order valence-electron chi connectivity index (χ3n) is 1.86. The lowest BCUT2D eigenvalue weighted by molar-refractivity contribution is 0.311. The summed E-state index contributed by atoms with van der Waals surface area (Å²) in [7, 11) is 0. The van der Waals surface area contributed by atoms with E-state index >= 15 is 0 Å². The highest BCUT2D eigenvalue weighted by atomic mass is 16.3. The SMILES string of the molecule is Cc1cc2c(NCCO)ncnc2o1. The number of aliphatic hydroxyl groups is 1. The van der Waals surface area contributed by atoms with E-state index in [9.17, 15) is 0 Å². The van der Waals surface area contributed by atoms with E-state index < -0.39 is 0 Å². The van der Waals surface area contributed by atoms with Crippen LogP contribution in [0.1, 0.15) is 5.76 Å². The third-order valence-corrected chi connectivity index (χ3v) is 1.86. The van der Waals surface area contributed by atoms with E-state index in [-0.39, 0.29) is 6.61 Å². The van der Waals surface area contributed by atoms with E-state index in [0.29, 0.717) is 18.1 Å². The molecule has 0 unspecified atom stereocenters. The first-order valence-electron chi connectivity index (χ1n) is 4.37. The maximum absolute atomic E-state index is 8.68. The second kappa shape index (κ2) is 3.63. The molecule has 0 aliphatic rings. The minimum absolute atomic E-state index is 0.0718. The van der Waals surface area contributed by atoms with Gasteiger partial charge in [-0.2, -0.15) is 0 Å². The highest BCUT2D eigenvalue weighted by molar-refractivity contribution is 5.85. The number of fused-ring (bicyclic) bond motifs is 1. The van der Waals surface area contributed by atoms with Gasteiger partial charge in [-0.3, -0.25) is 0 Å². The quantitative estimate of drug-likeness (QED) is 0.758. The maximum Gasteiger partial charge on any atom is 0.231 e. The lowest BCUT2D eigenvalue weighted by atomic mass is 10.3. The number of aliphatic hydroxyl groups excluding tert-OH is 1. The molecule has 0 aliphatic carbocycles. The largest absolute Gasteiger partial charge is 0.443 e. The lowest BCUT2D eigenvalue weighted by Gasteiger charge is -2.02. The second-order valence-electron chi connectivity index (χ2n) is 2.95. The van der Waals surface area contributed by atoms with Crippen molar-refractivity contribution in [3.63, 3.8) is 0 Å². The zero-order valence-electron chi connectivity index (χ0n) is 7.82.